The molecule has 202 valence electrons. The van der Waals surface area contributed by atoms with Crippen LogP contribution in [0.25, 0.3) is 33.9 Å². The molecule has 0 saturated carbocycles. The van der Waals surface area contributed by atoms with Gasteiger partial charge in [0.2, 0.25) is 11.8 Å². The van der Waals surface area contributed by atoms with Crippen molar-refractivity contribution in [1.29, 1.82) is 10.5 Å². The minimum atomic E-state index is -0.152. The molecule has 5 rings (SSSR count). The number of ether oxygens (including phenoxy) is 1. The van der Waals surface area contributed by atoms with Crippen molar-refractivity contribution in [3.8, 4) is 51.9 Å². The van der Waals surface area contributed by atoms with Crippen LogP contribution >= 0.6 is 23.4 Å². The first-order valence-electron chi connectivity index (χ1n) is 12.3. The minimum Gasteiger partial charge on any atom is -0.475 e. The standard InChI is InChI=1S/C30H21ClN6O3S/c31-21-9-6-19(7-10-21)29-36-24(27(40-29)18-4-2-1-3-5-18)17-41-30-23(15-33)26(22(14-32)28(34)37-30)20-8-11-25(35-16-20)39-13-12-38/h1-11,16,38H,12-13,17H2,(H2,34,37). The molecule has 0 unspecified atom stereocenters. The van der Waals surface area contributed by atoms with Crippen LogP contribution in [0, 0.1) is 22.7 Å². The van der Waals surface area contributed by atoms with Crippen molar-refractivity contribution < 1.29 is 14.3 Å². The molecule has 0 saturated heterocycles. The SMILES string of the molecule is N#Cc1c(N)nc(SCc2nc(-c3ccc(Cl)cc3)oc2-c2ccccc2)c(C#N)c1-c1ccc(OCCO)nc1. The molecule has 0 atom stereocenters. The van der Waals surface area contributed by atoms with Gasteiger partial charge in [0.15, 0.2) is 5.76 Å². The summed E-state index contributed by atoms with van der Waals surface area (Å²) in [6.45, 7) is -0.0598. The Labute approximate surface area is 244 Å². The molecular formula is C30H21ClN6O3S. The number of anilines is 1. The van der Waals surface area contributed by atoms with Gasteiger partial charge in [0.05, 0.1) is 17.9 Å². The quantitative estimate of drug-likeness (QED) is 0.195. The number of aliphatic hydroxyl groups is 1. The number of aromatic nitrogens is 3. The summed E-state index contributed by atoms with van der Waals surface area (Å²) in [5, 5.41) is 30.0. The van der Waals surface area contributed by atoms with Gasteiger partial charge in [-0.2, -0.15) is 10.5 Å². The predicted molar refractivity (Wildman–Crippen MR) is 156 cm³/mol. The smallest absolute Gasteiger partial charge is 0.227 e. The molecule has 41 heavy (non-hydrogen) atoms. The van der Waals surface area contributed by atoms with Crippen molar-refractivity contribution in [3.63, 3.8) is 0 Å². The Morgan fingerprint density at radius 2 is 1.66 bits per heavy atom. The summed E-state index contributed by atoms with van der Waals surface area (Å²) in [6, 6.07) is 24.3. The van der Waals surface area contributed by atoms with E-state index >= 15 is 0 Å². The van der Waals surface area contributed by atoms with Crippen molar-refractivity contribution in [2.24, 2.45) is 0 Å². The van der Waals surface area contributed by atoms with Crippen LogP contribution in [0.4, 0.5) is 5.82 Å². The van der Waals surface area contributed by atoms with Gasteiger partial charge in [-0.25, -0.2) is 15.0 Å². The first-order chi connectivity index (χ1) is 20.0. The predicted octanol–water partition coefficient (Wildman–Crippen LogP) is 6.11. The van der Waals surface area contributed by atoms with Crippen LogP contribution in [-0.2, 0) is 5.75 Å². The fraction of sp³-hybridized carbons (Fsp3) is 0.100. The van der Waals surface area contributed by atoms with Gasteiger partial charge >= 0.3 is 0 Å². The maximum absolute atomic E-state index is 10.2. The molecule has 2 aromatic carbocycles. The van der Waals surface area contributed by atoms with Gasteiger partial charge in [0.1, 0.15) is 35.2 Å². The maximum Gasteiger partial charge on any atom is 0.227 e. The number of nitrogens with zero attached hydrogens (tertiary/aromatic N) is 5. The van der Waals surface area contributed by atoms with E-state index in [4.69, 9.17) is 36.6 Å². The van der Waals surface area contributed by atoms with Gasteiger partial charge in [0.25, 0.3) is 0 Å². The lowest BCUT2D eigenvalue weighted by atomic mass is 9.98. The Kier molecular flexibility index (Phi) is 8.47. The average Bonchev–Trinajstić information content (AvgIpc) is 3.44. The van der Waals surface area contributed by atoms with E-state index < -0.39 is 0 Å². The van der Waals surface area contributed by atoms with E-state index in [2.05, 4.69) is 22.1 Å². The molecule has 0 spiro atoms. The molecule has 0 aliphatic rings. The zero-order chi connectivity index (χ0) is 28.8. The number of pyridine rings is 2. The molecule has 0 fully saturated rings. The van der Waals surface area contributed by atoms with E-state index in [1.165, 1.54) is 18.0 Å². The summed E-state index contributed by atoms with van der Waals surface area (Å²) in [5.74, 6) is 1.62. The molecule has 0 amide bonds. The Morgan fingerprint density at radius 1 is 0.927 bits per heavy atom. The average molecular weight is 581 g/mol. The molecule has 3 aromatic heterocycles. The summed E-state index contributed by atoms with van der Waals surface area (Å²) < 4.78 is 11.5. The van der Waals surface area contributed by atoms with Crippen molar-refractivity contribution in [1.82, 2.24) is 15.0 Å². The monoisotopic (exact) mass is 580 g/mol. The number of nitrogens with two attached hydrogens (primary N) is 1. The second kappa shape index (κ2) is 12.5. The van der Waals surface area contributed by atoms with E-state index in [0.717, 1.165) is 11.1 Å². The number of nitrogen functional groups attached to an aromatic ring is 1. The number of benzene rings is 2. The molecule has 0 aliphatic carbocycles. The number of aliphatic hydroxyl groups excluding tert-OH is 1. The van der Waals surface area contributed by atoms with Crippen LogP contribution in [0.15, 0.2) is 82.4 Å². The highest BCUT2D eigenvalue weighted by atomic mass is 35.5. The lowest BCUT2D eigenvalue weighted by Crippen LogP contribution is -2.05. The third-order valence-electron chi connectivity index (χ3n) is 5.95. The number of hydrogen-bond acceptors (Lipinski definition) is 10. The lowest BCUT2D eigenvalue weighted by Gasteiger charge is -2.13. The number of rotatable bonds is 9. The Hall–Kier alpha value is -4.87. The van der Waals surface area contributed by atoms with Gasteiger partial charge < -0.3 is 20.0 Å². The van der Waals surface area contributed by atoms with Crippen LogP contribution < -0.4 is 10.5 Å². The summed E-state index contributed by atoms with van der Waals surface area (Å²) in [5.41, 5.74) is 9.55. The topological polar surface area (TPSA) is 155 Å². The van der Waals surface area contributed by atoms with E-state index in [0.29, 0.717) is 50.2 Å². The summed E-state index contributed by atoms with van der Waals surface area (Å²) in [6.07, 6.45) is 1.49. The first kappa shape index (κ1) is 27.7. The number of hydrogen-bond donors (Lipinski definition) is 2. The van der Waals surface area contributed by atoms with Crippen LogP contribution in [0.5, 0.6) is 5.88 Å². The van der Waals surface area contributed by atoms with Crippen LogP contribution in [0.2, 0.25) is 5.02 Å². The highest BCUT2D eigenvalue weighted by Gasteiger charge is 2.23. The van der Waals surface area contributed by atoms with Gasteiger partial charge in [-0.1, -0.05) is 53.7 Å². The van der Waals surface area contributed by atoms with Gasteiger partial charge in [0, 0.05) is 45.3 Å². The Bertz CT molecular complexity index is 1760. The van der Waals surface area contributed by atoms with Gasteiger partial charge in [-0.05, 0) is 30.3 Å². The highest BCUT2D eigenvalue weighted by molar-refractivity contribution is 7.98. The van der Waals surface area contributed by atoms with E-state index in [-0.39, 0.29) is 30.2 Å². The van der Waals surface area contributed by atoms with Crippen LogP contribution in [0.1, 0.15) is 16.8 Å². The Morgan fingerprint density at radius 3 is 2.32 bits per heavy atom. The third-order valence-corrected chi connectivity index (χ3v) is 7.19. The van der Waals surface area contributed by atoms with E-state index in [9.17, 15) is 10.5 Å². The second-order valence-corrected chi connectivity index (χ2v) is 9.96. The normalized spacial score (nSPS) is 10.6. The lowest BCUT2D eigenvalue weighted by molar-refractivity contribution is 0.196. The molecular weight excluding hydrogens is 560 g/mol. The van der Waals surface area contributed by atoms with Crippen molar-refractivity contribution >= 4 is 29.2 Å². The first-order valence-corrected chi connectivity index (χ1v) is 13.7. The number of thioether (sulfide) groups is 1. The fourth-order valence-electron chi connectivity index (χ4n) is 4.07. The molecule has 0 bridgehead atoms. The molecule has 0 radical (unpaired) electrons. The second-order valence-electron chi connectivity index (χ2n) is 8.56. The summed E-state index contributed by atoms with van der Waals surface area (Å²) in [7, 11) is 0. The van der Waals surface area contributed by atoms with Crippen LogP contribution in [-0.4, -0.2) is 33.3 Å². The van der Waals surface area contributed by atoms with Crippen molar-refractivity contribution in [2.75, 3.05) is 18.9 Å². The minimum absolute atomic E-state index is 0.00473. The maximum atomic E-state index is 10.2. The molecule has 3 heterocycles. The molecule has 9 nitrogen and oxygen atoms in total. The van der Waals surface area contributed by atoms with E-state index in [1.54, 1.807) is 24.3 Å². The molecule has 3 N–H and O–H groups in total. The van der Waals surface area contributed by atoms with Crippen molar-refractivity contribution in [2.45, 2.75) is 10.8 Å². The zero-order valence-electron chi connectivity index (χ0n) is 21.4. The van der Waals surface area contributed by atoms with Gasteiger partial charge in [-0.3, -0.25) is 0 Å². The number of oxazole rings is 1. The number of nitriles is 2. The summed E-state index contributed by atoms with van der Waals surface area (Å²) >= 11 is 7.32. The van der Waals surface area contributed by atoms with Crippen molar-refractivity contribution in [3.05, 3.63) is 94.8 Å². The highest BCUT2D eigenvalue weighted by Crippen LogP contribution is 2.39. The van der Waals surface area contributed by atoms with E-state index in [1.807, 2.05) is 42.5 Å². The number of halogens is 1. The van der Waals surface area contributed by atoms with Gasteiger partial charge in [-0.15, -0.1) is 0 Å². The molecule has 0 aliphatic heterocycles. The summed E-state index contributed by atoms with van der Waals surface area (Å²) in [4.78, 5) is 13.4. The zero-order valence-corrected chi connectivity index (χ0v) is 23.0. The van der Waals surface area contributed by atoms with Crippen LogP contribution in [0.3, 0.4) is 0 Å². The molecule has 5 aromatic rings. The fourth-order valence-corrected chi connectivity index (χ4v) is 5.12. The largest absolute Gasteiger partial charge is 0.475 e. The Balaban J connectivity index is 1.53. The molecule has 11 heteroatoms. The third kappa shape index (κ3) is 6.01.